The zero-order chi connectivity index (χ0) is 25.9. The molecule has 0 bridgehead atoms. The van der Waals surface area contributed by atoms with Crippen LogP contribution in [0.5, 0.6) is 0 Å². The Hall–Kier alpha value is -3.29. The molecule has 3 rings (SSSR count). The van der Waals surface area contributed by atoms with E-state index >= 15 is 0 Å². The van der Waals surface area contributed by atoms with E-state index in [1.807, 2.05) is 4.72 Å². The van der Waals surface area contributed by atoms with Crippen molar-refractivity contribution < 1.29 is 34.8 Å². The maximum atomic E-state index is 13.6. The summed E-state index contributed by atoms with van der Waals surface area (Å²) in [5.41, 5.74) is -1.27. The second-order valence-corrected chi connectivity index (χ2v) is 11.0. The molecule has 1 heterocycles. The van der Waals surface area contributed by atoms with Gasteiger partial charge in [0.25, 0.3) is 5.91 Å². The number of nitrogens with one attached hydrogen (secondary N) is 1. The highest BCUT2D eigenvalue weighted by atomic mass is 32.2. The lowest BCUT2D eigenvalue weighted by Crippen LogP contribution is -2.36. The third kappa shape index (κ3) is 6.05. The molecule has 8 nitrogen and oxygen atoms in total. The summed E-state index contributed by atoms with van der Waals surface area (Å²) < 4.78 is 94.0. The van der Waals surface area contributed by atoms with Gasteiger partial charge >= 0.3 is 6.18 Å². The van der Waals surface area contributed by atoms with Crippen molar-refractivity contribution in [2.24, 2.45) is 0 Å². The van der Waals surface area contributed by atoms with E-state index in [-0.39, 0.29) is 17.0 Å². The Kier molecular flexibility index (Phi) is 7.62. The number of hydrogen-bond acceptors (Lipinski definition) is 6. The monoisotopic (exact) mass is 527 g/mol. The standard InChI is InChI=1S/C22H20F3N3O5S2/c1-28(21(29)16-6-5-11-26-15-16)13-12-27-35(32,33)20-14-18(9-10-19(20)22(23,24)25)34(30,31)17-7-3-2-4-8-17/h2-11,14-15,27H,12-13H2,1H3. The fraction of sp³-hybridized carbons (Fsp3) is 0.182. The number of alkyl halides is 3. The van der Waals surface area contributed by atoms with Gasteiger partial charge in [-0.1, -0.05) is 18.2 Å². The molecule has 1 aromatic heterocycles. The fourth-order valence-electron chi connectivity index (χ4n) is 3.10. The molecule has 1 amide bonds. The molecule has 13 heteroatoms. The van der Waals surface area contributed by atoms with Gasteiger partial charge in [0.15, 0.2) is 0 Å². The van der Waals surface area contributed by atoms with Gasteiger partial charge in [0.05, 0.1) is 25.8 Å². The second-order valence-electron chi connectivity index (χ2n) is 7.34. The highest BCUT2D eigenvalue weighted by molar-refractivity contribution is 7.91. The summed E-state index contributed by atoms with van der Waals surface area (Å²) in [4.78, 5) is 15.3. The number of pyridine rings is 1. The second kappa shape index (κ2) is 10.1. The molecular weight excluding hydrogens is 507 g/mol. The van der Waals surface area contributed by atoms with E-state index < -0.39 is 53.8 Å². The molecule has 0 aliphatic heterocycles. The number of benzene rings is 2. The number of carbonyl (C=O) groups excluding carboxylic acids is 1. The largest absolute Gasteiger partial charge is 0.417 e. The van der Waals surface area contributed by atoms with Crippen molar-refractivity contribution in [1.82, 2.24) is 14.6 Å². The minimum Gasteiger partial charge on any atom is -0.340 e. The number of hydrogen-bond donors (Lipinski definition) is 1. The number of nitrogens with zero attached hydrogens (tertiary/aromatic N) is 2. The van der Waals surface area contributed by atoms with E-state index in [0.717, 1.165) is 0 Å². The van der Waals surface area contributed by atoms with E-state index in [2.05, 4.69) is 4.98 Å². The van der Waals surface area contributed by atoms with Gasteiger partial charge in [-0.3, -0.25) is 9.78 Å². The lowest BCUT2D eigenvalue weighted by molar-refractivity contribution is -0.139. The van der Waals surface area contributed by atoms with Gasteiger partial charge in [-0.25, -0.2) is 21.6 Å². The average Bonchev–Trinajstić information content (AvgIpc) is 2.83. The van der Waals surface area contributed by atoms with E-state index in [9.17, 15) is 34.8 Å². The zero-order valence-corrected chi connectivity index (χ0v) is 19.9. The number of likely N-dealkylation sites (N-methyl/N-ethyl adjacent to an activating group) is 1. The van der Waals surface area contributed by atoms with Crippen LogP contribution in [0.2, 0.25) is 0 Å². The van der Waals surface area contributed by atoms with Crippen LogP contribution in [0, 0.1) is 0 Å². The van der Waals surface area contributed by atoms with Crippen LogP contribution in [0.4, 0.5) is 13.2 Å². The van der Waals surface area contributed by atoms with E-state index in [1.54, 1.807) is 12.1 Å². The summed E-state index contributed by atoms with van der Waals surface area (Å²) in [6.07, 6.45) is -2.28. The normalized spacial score (nSPS) is 12.3. The van der Waals surface area contributed by atoms with Crippen LogP contribution in [0.3, 0.4) is 0 Å². The summed E-state index contributed by atoms with van der Waals surface area (Å²) in [6, 6.07) is 11.6. The van der Waals surface area contributed by atoms with E-state index in [1.165, 1.54) is 54.7 Å². The minimum atomic E-state index is -5.06. The highest BCUT2D eigenvalue weighted by Gasteiger charge is 2.38. The Labute approximate surface area is 200 Å². The van der Waals surface area contributed by atoms with E-state index in [0.29, 0.717) is 18.2 Å². The number of amides is 1. The topological polar surface area (TPSA) is 114 Å². The van der Waals surface area contributed by atoms with Gasteiger partial charge in [-0.2, -0.15) is 13.2 Å². The van der Waals surface area contributed by atoms with E-state index in [4.69, 9.17) is 0 Å². The van der Waals surface area contributed by atoms with Crippen LogP contribution in [0.1, 0.15) is 15.9 Å². The smallest absolute Gasteiger partial charge is 0.340 e. The van der Waals surface area contributed by atoms with Crippen LogP contribution in [-0.2, 0) is 26.0 Å². The summed E-state index contributed by atoms with van der Waals surface area (Å²) in [6.45, 7) is -0.589. The van der Waals surface area contributed by atoms with Gasteiger partial charge in [-0.05, 0) is 42.5 Å². The predicted octanol–water partition coefficient (Wildman–Crippen LogP) is 2.98. The molecule has 0 atom stereocenters. The SMILES string of the molecule is CN(CCNS(=O)(=O)c1cc(S(=O)(=O)c2ccccc2)ccc1C(F)(F)F)C(=O)c1cccnc1. The highest BCUT2D eigenvalue weighted by Crippen LogP contribution is 2.36. The summed E-state index contributed by atoms with van der Waals surface area (Å²) in [5, 5.41) is 0. The Morgan fingerprint density at radius 2 is 1.66 bits per heavy atom. The third-order valence-electron chi connectivity index (χ3n) is 4.91. The molecule has 2 aromatic carbocycles. The van der Waals surface area contributed by atoms with Gasteiger partial charge in [0.2, 0.25) is 19.9 Å². The van der Waals surface area contributed by atoms with Crippen molar-refractivity contribution in [3.8, 4) is 0 Å². The summed E-state index contributed by atoms with van der Waals surface area (Å²) in [5.74, 6) is -0.468. The number of sulfonamides is 1. The number of carbonyl (C=O) groups is 1. The Morgan fingerprint density at radius 3 is 2.26 bits per heavy atom. The third-order valence-corrected chi connectivity index (χ3v) is 8.17. The Morgan fingerprint density at radius 1 is 0.971 bits per heavy atom. The quantitative estimate of drug-likeness (QED) is 0.482. The Balaban J connectivity index is 1.88. The fourth-order valence-corrected chi connectivity index (χ4v) is 5.75. The number of aromatic nitrogens is 1. The first kappa shape index (κ1) is 26.3. The van der Waals surface area contributed by atoms with Gasteiger partial charge in [0.1, 0.15) is 0 Å². The minimum absolute atomic E-state index is 0.170. The first-order valence-corrected chi connectivity index (χ1v) is 13.0. The molecule has 0 aliphatic carbocycles. The number of sulfone groups is 1. The molecule has 1 N–H and O–H groups in total. The molecule has 0 unspecified atom stereocenters. The van der Waals surface area contributed by atoms with Crippen molar-refractivity contribution in [1.29, 1.82) is 0 Å². The molecule has 3 aromatic rings. The lowest BCUT2D eigenvalue weighted by atomic mass is 10.2. The lowest BCUT2D eigenvalue weighted by Gasteiger charge is -2.19. The molecule has 35 heavy (non-hydrogen) atoms. The number of halogens is 3. The molecule has 0 saturated heterocycles. The first-order chi connectivity index (χ1) is 16.3. The van der Waals surface area contributed by atoms with Gasteiger partial charge in [-0.15, -0.1) is 0 Å². The first-order valence-electron chi connectivity index (χ1n) is 10.0. The maximum Gasteiger partial charge on any atom is 0.417 e. The molecular formula is C22H20F3N3O5S2. The van der Waals surface area contributed by atoms with Crippen LogP contribution >= 0.6 is 0 Å². The number of rotatable bonds is 8. The van der Waals surface area contributed by atoms with Crippen LogP contribution in [0.15, 0.2) is 87.7 Å². The van der Waals surface area contributed by atoms with Crippen LogP contribution < -0.4 is 4.72 Å². The van der Waals surface area contributed by atoms with Crippen molar-refractivity contribution >= 4 is 25.8 Å². The molecule has 0 aliphatic rings. The Bertz CT molecular complexity index is 1410. The zero-order valence-electron chi connectivity index (χ0n) is 18.2. The molecule has 186 valence electrons. The van der Waals surface area contributed by atoms with Crippen LogP contribution in [0.25, 0.3) is 0 Å². The predicted molar refractivity (Wildman–Crippen MR) is 120 cm³/mol. The maximum absolute atomic E-state index is 13.6. The van der Waals surface area contributed by atoms with Crippen LogP contribution in [-0.4, -0.2) is 52.8 Å². The summed E-state index contributed by atoms with van der Waals surface area (Å²) in [7, 11) is -7.70. The van der Waals surface area contributed by atoms with Crippen molar-refractivity contribution in [2.75, 3.05) is 20.1 Å². The van der Waals surface area contributed by atoms with Gasteiger partial charge < -0.3 is 4.90 Å². The molecule has 0 fully saturated rings. The molecule has 0 saturated carbocycles. The molecule has 0 radical (unpaired) electrons. The van der Waals surface area contributed by atoms with Crippen molar-refractivity contribution in [3.05, 3.63) is 84.2 Å². The average molecular weight is 528 g/mol. The van der Waals surface area contributed by atoms with Gasteiger partial charge in [0, 0.05) is 32.5 Å². The van der Waals surface area contributed by atoms with Crippen molar-refractivity contribution in [2.45, 2.75) is 20.9 Å². The summed E-state index contributed by atoms with van der Waals surface area (Å²) >= 11 is 0. The van der Waals surface area contributed by atoms with Crippen molar-refractivity contribution in [3.63, 3.8) is 0 Å². The molecule has 0 spiro atoms.